The van der Waals surface area contributed by atoms with E-state index in [1.165, 1.54) is 7.11 Å². The number of rotatable bonds is 7. The molecule has 0 aromatic rings. The third-order valence-corrected chi connectivity index (χ3v) is 2.08. The van der Waals surface area contributed by atoms with Crippen LogP contribution < -0.4 is 0 Å². The van der Waals surface area contributed by atoms with Crippen molar-refractivity contribution in [3.05, 3.63) is 0 Å². The molecule has 0 heterocycles. The summed E-state index contributed by atoms with van der Waals surface area (Å²) in [6, 6.07) is 0. The molecule has 0 bridgehead atoms. The van der Waals surface area contributed by atoms with Crippen LogP contribution in [0.25, 0.3) is 0 Å². The van der Waals surface area contributed by atoms with Crippen LogP contribution in [0.3, 0.4) is 0 Å². The van der Waals surface area contributed by atoms with E-state index in [2.05, 4.69) is 0 Å². The van der Waals surface area contributed by atoms with Crippen molar-refractivity contribution >= 4 is 11.9 Å². The molecule has 1 atom stereocenters. The first-order valence-corrected chi connectivity index (χ1v) is 5.40. The third-order valence-electron chi connectivity index (χ3n) is 2.08. The summed E-state index contributed by atoms with van der Waals surface area (Å²) in [5, 5.41) is 0. The largest absolute Gasteiger partial charge is 0.465 e. The number of carbonyl (C=O) groups excluding carboxylic acids is 2. The molecule has 0 aliphatic carbocycles. The van der Waals surface area contributed by atoms with Gasteiger partial charge in [0.2, 0.25) is 0 Å². The molecule has 0 rings (SSSR count). The Morgan fingerprint density at radius 2 is 1.50 bits per heavy atom. The number of methoxy groups -OCH3 is 1. The minimum absolute atomic E-state index is 0.244. The predicted molar refractivity (Wildman–Crippen MR) is 57.8 cm³/mol. The van der Waals surface area contributed by atoms with Crippen molar-refractivity contribution in [3.63, 3.8) is 0 Å². The molecule has 0 spiro atoms. The molecule has 0 saturated carbocycles. The van der Waals surface area contributed by atoms with Crippen molar-refractivity contribution in [2.75, 3.05) is 26.9 Å². The Bertz CT molecular complexity index is 208. The van der Waals surface area contributed by atoms with E-state index >= 15 is 0 Å². The zero-order chi connectivity index (χ0) is 12.6. The van der Waals surface area contributed by atoms with E-state index in [1.54, 1.807) is 20.8 Å². The van der Waals surface area contributed by atoms with Crippen molar-refractivity contribution in [3.8, 4) is 0 Å². The van der Waals surface area contributed by atoms with Gasteiger partial charge in [0, 0.05) is 13.0 Å². The molecular formula is C11H20O5. The molecule has 0 N–H and O–H groups in total. The maximum atomic E-state index is 11.6. The Morgan fingerprint density at radius 1 is 1.06 bits per heavy atom. The summed E-state index contributed by atoms with van der Waals surface area (Å²) in [6.07, 6.45) is 0. The molecule has 94 valence electrons. The topological polar surface area (TPSA) is 61.8 Å². The predicted octanol–water partition coefficient (Wildman–Crippen LogP) is 1.01. The molecule has 0 aliphatic heterocycles. The highest BCUT2D eigenvalue weighted by Gasteiger charge is 2.34. The number of ether oxygens (including phenoxy) is 3. The van der Waals surface area contributed by atoms with E-state index in [-0.39, 0.29) is 19.1 Å². The van der Waals surface area contributed by atoms with E-state index in [1.807, 2.05) is 0 Å². The molecule has 5 heteroatoms. The number of hydrogen-bond donors (Lipinski definition) is 0. The lowest BCUT2D eigenvalue weighted by atomic mass is 9.95. The highest BCUT2D eigenvalue weighted by Crippen LogP contribution is 2.16. The fraction of sp³-hybridized carbons (Fsp3) is 0.818. The zero-order valence-electron chi connectivity index (χ0n) is 10.3. The average Bonchev–Trinajstić information content (AvgIpc) is 2.19. The Balaban J connectivity index is 4.60. The quantitative estimate of drug-likeness (QED) is 0.484. The summed E-state index contributed by atoms with van der Waals surface area (Å²) in [7, 11) is 1.52. The second kappa shape index (κ2) is 8.10. The summed E-state index contributed by atoms with van der Waals surface area (Å²) >= 11 is 0. The normalized spacial score (nSPS) is 12.3. The molecule has 0 aliphatic rings. The highest BCUT2D eigenvalue weighted by molar-refractivity contribution is 5.95. The number of carbonyl (C=O) groups is 2. The summed E-state index contributed by atoms with van der Waals surface area (Å²) < 4.78 is 14.6. The molecule has 5 nitrogen and oxygen atoms in total. The van der Waals surface area contributed by atoms with E-state index in [0.717, 1.165) is 0 Å². The fourth-order valence-electron chi connectivity index (χ4n) is 1.38. The van der Waals surface area contributed by atoms with E-state index in [9.17, 15) is 9.59 Å². The lowest BCUT2D eigenvalue weighted by Gasteiger charge is -2.19. The van der Waals surface area contributed by atoms with Gasteiger partial charge in [-0.1, -0.05) is 6.92 Å². The van der Waals surface area contributed by atoms with Crippen LogP contribution in [-0.2, 0) is 23.8 Å². The van der Waals surface area contributed by atoms with Crippen LogP contribution in [0.1, 0.15) is 20.8 Å². The zero-order valence-corrected chi connectivity index (χ0v) is 10.3. The van der Waals surface area contributed by atoms with E-state index in [4.69, 9.17) is 14.2 Å². The smallest absolute Gasteiger partial charge is 0.320 e. The molecular weight excluding hydrogens is 212 g/mol. The summed E-state index contributed by atoms with van der Waals surface area (Å²) in [5.74, 6) is -2.26. The van der Waals surface area contributed by atoms with Crippen molar-refractivity contribution in [2.45, 2.75) is 20.8 Å². The summed E-state index contributed by atoms with van der Waals surface area (Å²) in [5.41, 5.74) is 0. The van der Waals surface area contributed by atoms with Gasteiger partial charge in [0.15, 0.2) is 5.92 Å². The second-order valence-corrected chi connectivity index (χ2v) is 3.41. The number of hydrogen-bond acceptors (Lipinski definition) is 5. The van der Waals surface area contributed by atoms with E-state index < -0.39 is 17.9 Å². The Labute approximate surface area is 96.1 Å². The van der Waals surface area contributed by atoms with Crippen LogP contribution in [0.5, 0.6) is 0 Å². The third kappa shape index (κ3) is 4.61. The average molecular weight is 232 g/mol. The minimum Gasteiger partial charge on any atom is -0.465 e. The molecule has 16 heavy (non-hydrogen) atoms. The van der Waals surface area contributed by atoms with E-state index in [0.29, 0.717) is 6.61 Å². The van der Waals surface area contributed by atoms with Crippen molar-refractivity contribution in [1.29, 1.82) is 0 Å². The van der Waals surface area contributed by atoms with Gasteiger partial charge in [-0.2, -0.15) is 0 Å². The first-order chi connectivity index (χ1) is 7.58. The molecule has 0 fully saturated rings. The van der Waals surface area contributed by atoms with Crippen LogP contribution in [0.15, 0.2) is 0 Å². The first-order valence-electron chi connectivity index (χ1n) is 5.40. The highest BCUT2D eigenvalue weighted by atomic mass is 16.6. The van der Waals surface area contributed by atoms with Gasteiger partial charge in [0.1, 0.15) is 0 Å². The second-order valence-electron chi connectivity index (χ2n) is 3.41. The lowest BCUT2D eigenvalue weighted by molar-refractivity contribution is -0.165. The molecule has 1 unspecified atom stereocenters. The Hall–Kier alpha value is -1.10. The lowest BCUT2D eigenvalue weighted by Crippen LogP contribution is -2.35. The SMILES string of the molecule is CCOC(=O)C(C(=O)OCC)C(C)COC. The standard InChI is InChI=1S/C11H20O5/c1-5-15-10(12)9(8(3)7-14-4)11(13)16-6-2/h8-9H,5-7H2,1-4H3. The van der Waals surface area contributed by atoms with Crippen LogP contribution in [0, 0.1) is 11.8 Å². The first kappa shape index (κ1) is 14.9. The molecule has 0 aromatic carbocycles. The molecule has 0 aromatic heterocycles. The molecule has 0 saturated heterocycles. The van der Waals surface area contributed by atoms with Gasteiger partial charge in [0.25, 0.3) is 0 Å². The van der Waals surface area contributed by atoms with Gasteiger partial charge in [-0.3, -0.25) is 9.59 Å². The minimum atomic E-state index is -0.903. The van der Waals surface area contributed by atoms with Gasteiger partial charge < -0.3 is 14.2 Å². The van der Waals surface area contributed by atoms with Crippen molar-refractivity contribution < 1.29 is 23.8 Å². The van der Waals surface area contributed by atoms with Gasteiger partial charge >= 0.3 is 11.9 Å². The summed E-state index contributed by atoms with van der Waals surface area (Å²) in [4.78, 5) is 23.2. The van der Waals surface area contributed by atoms with Crippen LogP contribution in [0.2, 0.25) is 0 Å². The van der Waals surface area contributed by atoms with Crippen LogP contribution >= 0.6 is 0 Å². The van der Waals surface area contributed by atoms with Crippen LogP contribution in [0.4, 0.5) is 0 Å². The monoisotopic (exact) mass is 232 g/mol. The van der Waals surface area contributed by atoms with Crippen LogP contribution in [-0.4, -0.2) is 38.9 Å². The maximum Gasteiger partial charge on any atom is 0.320 e. The van der Waals surface area contributed by atoms with Gasteiger partial charge in [-0.15, -0.1) is 0 Å². The fourth-order valence-corrected chi connectivity index (χ4v) is 1.38. The maximum absolute atomic E-state index is 11.6. The van der Waals surface area contributed by atoms with Gasteiger partial charge in [-0.25, -0.2) is 0 Å². The summed E-state index contributed by atoms with van der Waals surface area (Å²) in [6.45, 7) is 5.94. The van der Waals surface area contributed by atoms with Gasteiger partial charge in [0.05, 0.1) is 19.8 Å². The Kier molecular flexibility index (Phi) is 7.54. The van der Waals surface area contributed by atoms with Gasteiger partial charge in [-0.05, 0) is 13.8 Å². The Morgan fingerprint density at radius 3 is 1.81 bits per heavy atom. The molecule has 0 radical (unpaired) electrons. The molecule has 0 amide bonds. The van der Waals surface area contributed by atoms with Crippen molar-refractivity contribution in [1.82, 2.24) is 0 Å². The number of esters is 2. The van der Waals surface area contributed by atoms with Crippen molar-refractivity contribution in [2.24, 2.45) is 11.8 Å².